The van der Waals surface area contributed by atoms with Crippen LogP contribution < -0.4 is 10.5 Å². The van der Waals surface area contributed by atoms with E-state index in [9.17, 15) is 8.42 Å². The van der Waals surface area contributed by atoms with Gasteiger partial charge in [-0.15, -0.1) is 0 Å². The first-order chi connectivity index (χ1) is 9.86. The Morgan fingerprint density at radius 2 is 1.86 bits per heavy atom. The lowest BCUT2D eigenvalue weighted by Gasteiger charge is -2.18. The van der Waals surface area contributed by atoms with Crippen molar-refractivity contribution >= 4 is 15.7 Å². The van der Waals surface area contributed by atoms with Crippen LogP contribution in [0.3, 0.4) is 0 Å². The van der Waals surface area contributed by atoms with E-state index in [1.807, 2.05) is 6.07 Å². The van der Waals surface area contributed by atoms with E-state index in [0.717, 1.165) is 12.1 Å². The maximum atomic E-state index is 11.5. The van der Waals surface area contributed by atoms with E-state index in [-0.39, 0.29) is 4.90 Å². The zero-order valence-corrected chi connectivity index (χ0v) is 14.2. The first-order valence-electron chi connectivity index (χ1n) is 7.75. The number of benzene rings is 1. The molecule has 1 rings (SSSR count). The Morgan fingerprint density at radius 3 is 2.48 bits per heavy atom. The van der Waals surface area contributed by atoms with Crippen molar-refractivity contribution in [1.82, 2.24) is 0 Å². The minimum atomic E-state index is -3.66. The molecule has 0 saturated carbocycles. The molecule has 120 valence electrons. The summed E-state index contributed by atoms with van der Waals surface area (Å²) in [5.41, 5.74) is 1.54. The molecule has 21 heavy (non-hydrogen) atoms. The van der Waals surface area contributed by atoms with Crippen molar-refractivity contribution in [2.45, 2.75) is 70.2 Å². The largest absolute Gasteiger partial charge is 0.382 e. The third kappa shape index (κ3) is 6.06. The van der Waals surface area contributed by atoms with Crippen LogP contribution in [0.2, 0.25) is 0 Å². The number of nitrogens with two attached hydrogens (primary N) is 1. The van der Waals surface area contributed by atoms with Crippen LogP contribution in [0.25, 0.3) is 0 Å². The lowest BCUT2D eigenvalue weighted by atomic mass is 10.1. The van der Waals surface area contributed by atoms with Crippen LogP contribution in [0.15, 0.2) is 23.1 Å². The van der Waals surface area contributed by atoms with Gasteiger partial charge in [-0.25, -0.2) is 13.6 Å². The van der Waals surface area contributed by atoms with Crippen molar-refractivity contribution < 1.29 is 8.42 Å². The summed E-state index contributed by atoms with van der Waals surface area (Å²) in [6, 6.07) is 5.49. The SMILES string of the molecule is CCCCCCCC(C)Nc1cccc(S(N)(=O)=O)c1C. The maximum Gasteiger partial charge on any atom is 0.238 e. The zero-order valence-electron chi connectivity index (χ0n) is 13.4. The van der Waals surface area contributed by atoms with Crippen LogP contribution in [0, 0.1) is 6.92 Å². The van der Waals surface area contributed by atoms with E-state index in [0.29, 0.717) is 11.6 Å². The number of anilines is 1. The molecule has 4 nitrogen and oxygen atoms in total. The van der Waals surface area contributed by atoms with E-state index >= 15 is 0 Å². The molecule has 1 aromatic carbocycles. The molecule has 0 aliphatic rings. The van der Waals surface area contributed by atoms with Gasteiger partial charge in [-0.3, -0.25) is 0 Å². The van der Waals surface area contributed by atoms with E-state index in [4.69, 9.17) is 5.14 Å². The van der Waals surface area contributed by atoms with Crippen molar-refractivity contribution in [3.63, 3.8) is 0 Å². The van der Waals surface area contributed by atoms with Gasteiger partial charge in [0.05, 0.1) is 4.90 Å². The normalized spacial score (nSPS) is 13.1. The number of primary sulfonamides is 1. The van der Waals surface area contributed by atoms with Crippen LogP contribution >= 0.6 is 0 Å². The first kappa shape index (κ1) is 18.0. The molecule has 1 aromatic rings. The minimum absolute atomic E-state index is 0.197. The molecule has 0 aromatic heterocycles. The third-order valence-corrected chi connectivity index (χ3v) is 4.79. The van der Waals surface area contributed by atoms with Gasteiger partial charge in [-0.05, 0) is 38.0 Å². The highest BCUT2D eigenvalue weighted by Crippen LogP contribution is 2.23. The summed E-state index contributed by atoms with van der Waals surface area (Å²) < 4.78 is 23.0. The Kier molecular flexibility index (Phi) is 7.18. The number of hydrogen-bond acceptors (Lipinski definition) is 3. The van der Waals surface area contributed by atoms with Gasteiger partial charge < -0.3 is 5.32 Å². The highest BCUT2D eigenvalue weighted by atomic mass is 32.2. The second-order valence-corrected chi connectivity index (χ2v) is 7.25. The lowest BCUT2D eigenvalue weighted by molar-refractivity contribution is 0.578. The number of nitrogens with one attached hydrogen (secondary N) is 1. The maximum absolute atomic E-state index is 11.5. The van der Waals surface area contributed by atoms with Crippen molar-refractivity contribution in [2.75, 3.05) is 5.32 Å². The lowest BCUT2D eigenvalue weighted by Crippen LogP contribution is -2.18. The van der Waals surface area contributed by atoms with Gasteiger partial charge in [0.1, 0.15) is 0 Å². The van der Waals surface area contributed by atoms with Crippen LogP contribution in [0.5, 0.6) is 0 Å². The molecule has 0 bridgehead atoms. The molecule has 0 amide bonds. The van der Waals surface area contributed by atoms with Crippen molar-refractivity contribution in [3.8, 4) is 0 Å². The summed E-state index contributed by atoms with van der Waals surface area (Å²) in [6.07, 6.45) is 7.40. The fourth-order valence-electron chi connectivity index (χ4n) is 2.47. The standard InChI is InChI=1S/C16H28N2O2S/c1-4-5-6-7-8-10-13(2)18-15-11-9-12-16(14(15)3)21(17,19)20/h9,11-13,18H,4-8,10H2,1-3H3,(H2,17,19,20). The van der Waals surface area contributed by atoms with Gasteiger partial charge in [0, 0.05) is 11.7 Å². The minimum Gasteiger partial charge on any atom is -0.382 e. The van der Waals surface area contributed by atoms with Gasteiger partial charge in [0.15, 0.2) is 0 Å². The summed E-state index contributed by atoms with van der Waals surface area (Å²) in [5, 5.41) is 8.62. The van der Waals surface area contributed by atoms with Crippen molar-refractivity contribution in [1.29, 1.82) is 0 Å². The second-order valence-electron chi connectivity index (χ2n) is 5.72. The Balaban J connectivity index is 2.59. The van der Waals surface area contributed by atoms with Gasteiger partial charge in [-0.2, -0.15) is 0 Å². The molecular formula is C16H28N2O2S. The number of hydrogen-bond donors (Lipinski definition) is 2. The van der Waals surface area contributed by atoms with E-state index in [2.05, 4.69) is 19.2 Å². The Bertz CT molecular complexity index is 541. The molecule has 0 spiro atoms. The van der Waals surface area contributed by atoms with Gasteiger partial charge in [-0.1, -0.05) is 45.1 Å². The molecule has 3 N–H and O–H groups in total. The van der Waals surface area contributed by atoms with Gasteiger partial charge >= 0.3 is 0 Å². The molecule has 1 atom stereocenters. The fraction of sp³-hybridized carbons (Fsp3) is 0.625. The average molecular weight is 312 g/mol. The monoisotopic (exact) mass is 312 g/mol. The highest BCUT2D eigenvalue weighted by molar-refractivity contribution is 7.89. The fourth-order valence-corrected chi connectivity index (χ4v) is 3.28. The molecule has 0 fully saturated rings. The van der Waals surface area contributed by atoms with E-state index < -0.39 is 10.0 Å². The highest BCUT2D eigenvalue weighted by Gasteiger charge is 2.14. The third-order valence-electron chi connectivity index (χ3n) is 3.73. The Labute approximate surface area is 129 Å². The Hall–Kier alpha value is -1.07. The molecule has 0 radical (unpaired) electrons. The van der Waals surface area contributed by atoms with Crippen molar-refractivity contribution in [2.24, 2.45) is 5.14 Å². The van der Waals surface area contributed by atoms with Gasteiger partial charge in [0.25, 0.3) is 0 Å². The quantitative estimate of drug-likeness (QED) is 0.681. The van der Waals surface area contributed by atoms with Crippen LogP contribution in [-0.2, 0) is 10.0 Å². The average Bonchev–Trinajstić information content (AvgIpc) is 2.39. The van der Waals surface area contributed by atoms with E-state index in [1.54, 1.807) is 19.1 Å². The summed E-state index contributed by atoms with van der Waals surface area (Å²) >= 11 is 0. The van der Waals surface area contributed by atoms with Gasteiger partial charge in [0.2, 0.25) is 10.0 Å². The number of rotatable bonds is 9. The number of sulfonamides is 1. The zero-order chi connectivity index (χ0) is 15.9. The number of unbranched alkanes of at least 4 members (excludes halogenated alkanes) is 4. The molecule has 0 heterocycles. The molecule has 5 heteroatoms. The first-order valence-corrected chi connectivity index (χ1v) is 9.29. The Morgan fingerprint density at radius 1 is 1.19 bits per heavy atom. The molecular weight excluding hydrogens is 284 g/mol. The molecule has 0 aliphatic carbocycles. The summed E-state index contributed by atoms with van der Waals surface area (Å²) in [4.78, 5) is 0.197. The van der Waals surface area contributed by atoms with E-state index in [1.165, 1.54) is 32.1 Å². The molecule has 0 aliphatic heterocycles. The molecule has 1 unspecified atom stereocenters. The summed E-state index contributed by atoms with van der Waals surface area (Å²) in [7, 11) is -3.66. The summed E-state index contributed by atoms with van der Waals surface area (Å²) in [5.74, 6) is 0. The predicted octanol–water partition coefficient (Wildman–Crippen LogP) is 3.80. The topological polar surface area (TPSA) is 72.2 Å². The summed E-state index contributed by atoms with van der Waals surface area (Å²) in [6.45, 7) is 6.13. The van der Waals surface area contributed by atoms with Crippen molar-refractivity contribution in [3.05, 3.63) is 23.8 Å². The molecule has 0 saturated heterocycles. The predicted molar refractivity (Wildman–Crippen MR) is 89.0 cm³/mol. The smallest absolute Gasteiger partial charge is 0.238 e. The second kappa shape index (κ2) is 8.39. The van der Waals surface area contributed by atoms with Crippen LogP contribution in [-0.4, -0.2) is 14.5 Å². The van der Waals surface area contributed by atoms with Crippen LogP contribution in [0.1, 0.15) is 57.9 Å². The van der Waals surface area contributed by atoms with Crippen LogP contribution in [0.4, 0.5) is 5.69 Å².